The maximum Gasteiger partial charge on any atom is 0.416 e. The number of likely N-dealkylation sites (N-methyl/N-ethyl adjacent to an activating group) is 1. The molecule has 41 heavy (non-hydrogen) atoms. The Morgan fingerprint density at radius 1 is 0.902 bits per heavy atom. The molecule has 0 aliphatic carbocycles. The summed E-state index contributed by atoms with van der Waals surface area (Å²) in [5, 5.41) is 0.641. The van der Waals surface area contributed by atoms with Crippen molar-refractivity contribution in [3.8, 4) is 11.1 Å². The van der Waals surface area contributed by atoms with Crippen molar-refractivity contribution in [3.05, 3.63) is 87.9 Å². The zero-order valence-electron chi connectivity index (χ0n) is 22.5. The molecule has 0 bridgehead atoms. The number of hydrogen-bond acceptors (Lipinski definition) is 4. The summed E-state index contributed by atoms with van der Waals surface area (Å²) in [6.07, 6.45) is -2.23. The summed E-state index contributed by atoms with van der Waals surface area (Å²) < 4.78 is 38.9. The molecule has 1 heterocycles. The smallest absolute Gasteiger partial charge is 0.368 e. The first-order valence-electron chi connectivity index (χ1n) is 13.2. The van der Waals surface area contributed by atoms with E-state index >= 15 is 0 Å². The number of halogens is 5. The van der Waals surface area contributed by atoms with E-state index < -0.39 is 17.6 Å². The van der Waals surface area contributed by atoms with Crippen LogP contribution in [0.15, 0.2) is 66.7 Å². The van der Waals surface area contributed by atoms with E-state index in [2.05, 4.69) is 4.90 Å². The van der Waals surface area contributed by atoms with E-state index in [0.29, 0.717) is 27.8 Å². The SMILES string of the molecule is CN(C(=O)CN(CC(N)=O)c1ccc(Cl)c(Cl)c1)[C@@H](CN1CCCC1)c1ccc(-c2ccc(C(F)(F)F)cc2)cc1. The third-order valence-corrected chi connectivity index (χ3v) is 8.01. The van der Waals surface area contributed by atoms with Gasteiger partial charge in [-0.3, -0.25) is 9.59 Å². The zero-order valence-corrected chi connectivity index (χ0v) is 24.0. The number of likely N-dealkylation sites (tertiary alicyclic amines) is 1. The lowest BCUT2D eigenvalue weighted by atomic mass is 9.98. The van der Waals surface area contributed by atoms with Gasteiger partial charge in [0.2, 0.25) is 11.8 Å². The van der Waals surface area contributed by atoms with Crippen molar-refractivity contribution >= 4 is 40.7 Å². The number of carbonyl (C=O) groups excluding carboxylic acids is 2. The molecule has 4 rings (SSSR count). The maximum absolute atomic E-state index is 13.6. The Morgan fingerprint density at radius 2 is 1.49 bits per heavy atom. The first-order chi connectivity index (χ1) is 19.4. The Morgan fingerprint density at radius 3 is 2.02 bits per heavy atom. The van der Waals surface area contributed by atoms with Crippen LogP contribution in [-0.4, -0.2) is 61.4 Å². The fraction of sp³-hybridized carbons (Fsp3) is 0.333. The average Bonchev–Trinajstić information content (AvgIpc) is 3.45. The Kier molecular flexibility index (Phi) is 9.84. The van der Waals surface area contributed by atoms with Crippen LogP contribution in [0.2, 0.25) is 10.0 Å². The molecule has 3 aromatic carbocycles. The summed E-state index contributed by atoms with van der Waals surface area (Å²) in [4.78, 5) is 31.0. The second-order valence-corrected chi connectivity index (χ2v) is 11.0. The topological polar surface area (TPSA) is 69.9 Å². The minimum Gasteiger partial charge on any atom is -0.368 e. The van der Waals surface area contributed by atoms with Crippen LogP contribution in [0.5, 0.6) is 0 Å². The van der Waals surface area contributed by atoms with Crippen molar-refractivity contribution in [2.75, 3.05) is 44.7 Å². The highest BCUT2D eigenvalue weighted by molar-refractivity contribution is 6.42. The lowest BCUT2D eigenvalue weighted by molar-refractivity contribution is -0.137. The monoisotopic (exact) mass is 606 g/mol. The second-order valence-electron chi connectivity index (χ2n) is 10.1. The van der Waals surface area contributed by atoms with E-state index in [-0.39, 0.29) is 25.0 Å². The fourth-order valence-electron chi connectivity index (χ4n) is 4.97. The lowest BCUT2D eigenvalue weighted by Gasteiger charge is -2.34. The minimum absolute atomic E-state index is 0.114. The molecule has 0 aromatic heterocycles. The van der Waals surface area contributed by atoms with Gasteiger partial charge in [0.25, 0.3) is 0 Å². The molecule has 218 valence electrons. The Hall–Kier alpha value is -3.27. The highest BCUT2D eigenvalue weighted by Gasteiger charge is 2.30. The van der Waals surface area contributed by atoms with Crippen LogP contribution in [0.1, 0.15) is 30.0 Å². The molecule has 1 atom stereocenters. The third kappa shape index (κ3) is 7.93. The molecule has 3 aromatic rings. The van der Waals surface area contributed by atoms with Crippen molar-refractivity contribution in [1.29, 1.82) is 0 Å². The number of hydrogen-bond donors (Lipinski definition) is 1. The van der Waals surface area contributed by atoms with Crippen LogP contribution >= 0.6 is 23.2 Å². The summed E-state index contributed by atoms with van der Waals surface area (Å²) in [5.74, 6) is -0.827. The van der Waals surface area contributed by atoms with Crippen LogP contribution in [0.4, 0.5) is 18.9 Å². The molecule has 2 amide bonds. The van der Waals surface area contributed by atoms with Gasteiger partial charge in [-0.05, 0) is 73.0 Å². The highest BCUT2D eigenvalue weighted by atomic mass is 35.5. The van der Waals surface area contributed by atoms with Gasteiger partial charge in [0, 0.05) is 19.3 Å². The van der Waals surface area contributed by atoms with Gasteiger partial charge in [0.05, 0.1) is 34.7 Å². The summed E-state index contributed by atoms with van der Waals surface area (Å²) in [6.45, 7) is 2.18. The number of nitrogens with two attached hydrogens (primary N) is 1. The van der Waals surface area contributed by atoms with Gasteiger partial charge in [0.1, 0.15) is 0 Å². The van der Waals surface area contributed by atoms with Crippen LogP contribution in [0.3, 0.4) is 0 Å². The van der Waals surface area contributed by atoms with Crippen molar-refractivity contribution in [1.82, 2.24) is 9.80 Å². The first kappa shape index (κ1) is 30.7. The third-order valence-electron chi connectivity index (χ3n) is 7.27. The van der Waals surface area contributed by atoms with Gasteiger partial charge >= 0.3 is 6.18 Å². The number of nitrogens with zero attached hydrogens (tertiary/aromatic N) is 3. The minimum atomic E-state index is -4.39. The Bertz CT molecular complexity index is 1360. The predicted molar refractivity (Wildman–Crippen MR) is 156 cm³/mol. The zero-order chi connectivity index (χ0) is 29.7. The van der Waals surface area contributed by atoms with E-state index in [1.54, 1.807) is 35.0 Å². The van der Waals surface area contributed by atoms with Crippen molar-refractivity contribution in [2.45, 2.75) is 25.1 Å². The van der Waals surface area contributed by atoms with E-state index in [1.807, 2.05) is 24.3 Å². The molecule has 0 spiro atoms. The number of amides is 2. The van der Waals surface area contributed by atoms with Gasteiger partial charge < -0.3 is 20.4 Å². The molecule has 11 heteroatoms. The Balaban J connectivity index is 1.56. The summed E-state index contributed by atoms with van der Waals surface area (Å²) in [6, 6.07) is 17.1. The molecule has 0 unspecified atom stereocenters. The quantitative estimate of drug-likeness (QED) is 0.295. The van der Waals surface area contributed by atoms with Gasteiger partial charge in [-0.15, -0.1) is 0 Å². The normalized spacial score (nSPS) is 14.6. The predicted octanol–water partition coefficient (Wildman–Crippen LogP) is 6.27. The molecule has 6 nitrogen and oxygen atoms in total. The van der Waals surface area contributed by atoms with Crippen LogP contribution in [0.25, 0.3) is 11.1 Å². The van der Waals surface area contributed by atoms with Gasteiger partial charge in [-0.2, -0.15) is 13.2 Å². The van der Waals surface area contributed by atoms with Crippen molar-refractivity contribution in [2.24, 2.45) is 5.73 Å². The summed E-state index contributed by atoms with van der Waals surface area (Å²) in [7, 11) is 1.73. The molecule has 1 aliphatic heterocycles. The number of rotatable bonds is 10. The average molecular weight is 608 g/mol. The number of anilines is 1. The van der Waals surface area contributed by atoms with Gasteiger partial charge in [-0.1, -0.05) is 59.6 Å². The summed E-state index contributed by atoms with van der Waals surface area (Å²) in [5.41, 5.74) is 7.63. The maximum atomic E-state index is 13.6. The summed E-state index contributed by atoms with van der Waals surface area (Å²) >= 11 is 12.2. The highest BCUT2D eigenvalue weighted by Crippen LogP contribution is 2.32. The number of alkyl halides is 3. The van der Waals surface area contributed by atoms with Crippen LogP contribution in [0, 0.1) is 0 Å². The molecule has 1 fully saturated rings. The standard InChI is InChI=1S/C30H31Cl2F3N4O2/c1-37(29(41)19-39(18-28(36)40)24-12-13-25(31)26(32)16-24)27(17-38-14-2-3-15-38)22-6-4-20(5-7-22)21-8-10-23(11-9-21)30(33,34)35/h4-13,16,27H,2-3,14-15,17-19H2,1H3,(H2,36,40)/t27-/m0/s1. The number of carbonyl (C=O) groups is 2. The van der Waals surface area contributed by atoms with E-state index in [9.17, 15) is 22.8 Å². The van der Waals surface area contributed by atoms with E-state index in [1.165, 1.54) is 12.1 Å². The van der Waals surface area contributed by atoms with Crippen molar-refractivity contribution in [3.63, 3.8) is 0 Å². The molecule has 1 saturated heterocycles. The first-order valence-corrected chi connectivity index (χ1v) is 13.9. The van der Waals surface area contributed by atoms with Gasteiger partial charge in [-0.25, -0.2) is 0 Å². The molecule has 1 aliphatic rings. The fourth-order valence-corrected chi connectivity index (χ4v) is 5.26. The second kappa shape index (κ2) is 13.1. The lowest BCUT2D eigenvalue weighted by Crippen LogP contribution is -2.45. The molecule has 2 N–H and O–H groups in total. The number of benzene rings is 3. The van der Waals surface area contributed by atoms with E-state index in [0.717, 1.165) is 49.2 Å². The Labute approximate surface area is 247 Å². The number of primary amides is 1. The van der Waals surface area contributed by atoms with Crippen LogP contribution in [-0.2, 0) is 15.8 Å². The van der Waals surface area contributed by atoms with E-state index in [4.69, 9.17) is 28.9 Å². The molecular formula is C30H31Cl2F3N4O2. The molecule has 0 radical (unpaired) electrons. The van der Waals surface area contributed by atoms with Crippen molar-refractivity contribution < 1.29 is 22.8 Å². The largest absolute Gasteiger partial charge is 0.416 e. The molecule has 0 saturated carbocycles. The molecular weight excluding hydrogens is 576 g/mol. The van der Waals surface area contributed by atoms with Crippen LogP contribution < -0.4 is 10.6 Å². The van der Waals surface area contributed by atoms with Gasteiger partial charge in [0.15, 0.2) is 0 Å².